The minimum Gasteiger partial charge on any atom is -0.399 e. The summed E-state index contributed by atoms with van der Waals surface area (Å²) < 4.78 is 27.4. The van der Waals surface area contributed by atoms with Crippen molar-refractivity contribution in [3.8, 4) is 0 Å². The van der Waals surface area contributed by atoms with Gasteiger partial charge in [0.2, 0.25) is 0 Å². The van der Waals surface area contributed by atoms with Crippen molar-refractivity contribution in [3.05, 3.63) is 46.7 Å². The van der Waals surface area contributed by atoms with Gasteiger partial charge in [-0.25, -0.2) is 8.42 Å². The van der Waals surface area contributed by atoms with E-state index >= 15 is 0 Å². The number of sulfonamides is 1. The van der Waals surface area contributed by atoms with Gasteiger partial charge in [-0.1, -0.05) is 0 Å². The van der Waals surface area contributed by atoms with Crippen LogP contribution in [0.25, 0.3) is 0 Å². The fourth-order valence-electron chi connectivity index (χ4n) is 1.55. The molecule has 0 fully saturated rings. The molecule has 0 aliphatic carbocycles. The summed E-state index contributed by atoms with van der Waals surface area (Å²) in [6, 6.07) is 6.32. The molecule has 2 aromatic rings. The van der Waals surface area contributed by atoms with Crippen molar-refractivity contribution in [1.29, 1.82) is 0 Å². The van der Waals surface area contributed by atoms with Crippen molar-refractivity contribution in [2.45, 2.75) is 11.8 Å². The third kappa shape index (κ3) is 3.24. The summed E-state index contributed by atoms with van der Waals surface area (Å²) in [4.78, 5) is 4.03. The Morgan fingerprint density at radius 2 is 2.00 bits per heavy atom. The molecule has 1 aromatic heterocycles. The van der Waals surface area contributed by atoms with Crippen LogP contribution < -0.4 is 10.5 Å². The second-order valence-electron chi connectivity index (χ2n) is 4.05. The number of benzene rings is 1. The van der Waals surface area contributed by atoms with Crippen LogP contribution in [0.1, 0.15) is 5.56 Å². The molecular formula is C12H12BrN3O2S. The topological polar surface area (TPSA) is 85.1 Å². The lowest BCUT2D eigenvalue weighted by molar-refractivity contribution is 0.601. The zero-order valence-corrected chi connectivity index (χ0v) is 12.5. The zero-order valence-electron chi connectivity index (χ0n) is 10.1. The van der Waals surface area contributed by atoms with Gasteiger partial charge >= 0.3 is 0 Å². The molecule has 0 aliphatic rings. The van der Waals surface area contributed by atoms with E-state index in [0.717, 1.165) is 5.56 Å². The second kappa shape index (κ2) is 5.18. The molecule has 0 unspecified atom stereocenters. The Labute approximate surface area is 120 Å². The largest absolute Gasteiger partial charge is 0.399 e. The summed E-state index contributed by atoms with van der Waals surface area (Å²) in [5, 5.41) is 0. The molecule has 0 bridgehead atoms. The van der Waals surface area contributed by atoms with Gasteiger partial charge in [-0.15, -0.1) is 0 Å². The molecule has 3 N–H and O–H groups in total. The van der Waals surface area contributed by atoms with Gasteiger partial charge in [0.1, 0.15) is 4.90 Å². The molecule has 0 amide bonds. The second-order valence-corrected chi connectivity index (χ2v) is 6.55. The summed E-state index contributed by atoms with van der Waals surface area (Å²) in [5.41, 5.74) is 7.28. The van der Waals surface area contributed by atoms with E-state index in [-0.39, 0.29) is 4.90 Å². The molecule has 19 heavy (non-hydrogen) atoms. The Kier molecular flexibility index (Phi) is 3.77. The Morgan fingerprint density at radius 1 is 1.26 bits per heavy atom. The van der Waals surface area contributed by atoms with Crippen LogP contribution in [0.15, 0.2) is 46.0 Å². The van der Waals surface area contributed by atoms with E-state index in [1.807, 2.05) is 6.92 Å². The number of aryl methyl sites for hydroxylation is 1. The van der Waals surface area contributed by atoms with Gasteiger partial charge < -0.3 is 5.73 Å². The predicted octanol–water partition coefficient (Wildman–Crippen LogP) is 2.54. The van der Waals surface area contributed by atoms with E-state index in [1.54, 1.807) is 24.4 Å². The fourth-order valence-corrected chi connectivity index (χ4v) is 3.58. The van der Waals surface area contributed by atoms with Crippen molar-refractivity contribution >= 4 is 37.3 Å². The average Bonchev–Trinajstić information content (AvgIpc) is 2.31. The quantitative estimate of drug-likeness (QED) is 0.840. The van der Waals surface area contributed by atoms with E-state index in [0.29, 0.717) is 15.8 Å². The highest BCUT2D eigenvalue weighted by molar-refractivity contribution is 9.10. The maximum atomic E-state index is 12.3. The molecule has 100 valence electrons. The summed E-state index contributed by atoms with van der Waals surface area (Å²) in [6.07, 6.45) is 3.10. The van der Waals surface area contributed by atoms with E-state index in [4.69, 9.17) is 5.73 Å². The summed E-state index contributed by atoms with van der Waals surface area (Å²) in [7, 11) is -3.70. The van der Waals surface area contributed by atoms with Crippen LogP contribution in [0, 0.1) is 6.92 Å². The molecule has 0 saturated heterocycles. The highest BCUT2D eigenvalue weighted by atomic mass is 79.9. The molecule has 0 atom stereocenters. The standard InChI is InChI=1S/C12H12BrN3O2S/c1-8-4-10(7-15-6-8)16-19(17,18)12-5-9(14)2-3-11(12)13/h2-7,16H,14H2,1H3. The van der Waals surface area contributed by atoms with Crippen molar-refractivity contribution < 1.29 is 8.42 Å². The molecule has 1 heterocycles. The number of nitrogens with two attached hydrogens (primary N) is 1. The van der Waals surface area contributed by atoms with Crippen LogP contribution in [0.5, 0.6) is 0 Å². The van der Waals surface area contributed by atoms with Gasteiger partial charge in [0.25, 0.3) is 10.0 Å². The monoisotopic (exact) mass is 341 g/mol. The Bertz CT molecular complexity index is 717. The third-order valence-corrected chi connectivity index (χ3v) is 4.75. The highest BCUT2D eigenvalue weighted by Crippen LogP contribution is 2.26. The van der Waals surface area contributed by atoms with E-state index in [1.165, 1.54) is 12.3 Å². The first kappa shape index (κ1) is 13.8. The molecule has 0 spiro atoms. The maximum absolute atomic E-state index is 12.3. The van der Waals surface area contributed by atoms with Gasteiger partial charge in [0.15, 0.2) is 0 Å². The van der Waals surface area contributed by atoms with Crippen LogP contribution in [-0.4, -0.2) is 13.4 Å². The average molecular weight is 342 g/mol. The number of nitrogens with zero attached hydrogens (tertiary/aromatic N) is 1. The fraction of sp³-hybridized carbons (Fsp3) is 0.0833. The van der Waals surface area contributed by atoms with Gasteiger partial charge in [-0.05, 0) is 52.7 Å². The molecule has 1 aromatic carbocycles. The first-order valence-electron chi connectivity index (χ1n) is 5.38. The number of nitrogen functional groups attached to an aromatic ring is 1. The van der Waals surface area contributed by atoms with Crippen LogP contribution >= 0.6 is 15.9 Å². The number of hydrogen-bond donors (Lipinski definition) is 2. The van der Waals surface area contributed by atoms with Crippen molar-refractivity contribution in [2.24, 2.45) is 0 Å². The zero-order chi connectivity index (χ0) is 14.0. The molecule has 0 aliphatic heterocycles. The minimum atomic E-state index is -3.70. The molecule has 7 heteroatoms. The lowest BCUT2D eigenvalue weighted by Gasteiger charge is -2.10. The molecule has 0 radical (unpaired) electrons. The van der Waals surface area contributed by atoms with E-state index < -0.39 is 10.0 Å². The van der Waals surface area contributed by atoms with Gasteiger partial charge in [-0.3, -0.25) is 9.71 Å². The third-order valence-electron chi connectivity index (χ3n) is 2.37. The maximum Gasteiger partial charge on any atom is 0.263 e. The lowest BCUT2D eigenvalue weighted by Crippen LogP contribution is -2.14. The number of nitrogens with one attached hydrogen (secondary N) is 1. The summed E-state index contributed by atoms with van der Waals surface area (Å²) in [5.74, 6) is 0. The van der Waals surface area contributed by atoms with Gasteiger partial charge in [0, 0.05) is 16.4 Å². The number of pyridine rings is 1. The minimum absolute atomic E-state index is 0.0917. The summed E-state index contributed by atoms with van der Waals surface area (Å²) >= 11 is 3.20. The van der Waals surface area contributed by atoms with Gasteiger partial charge in [0.05, 0.1) is 11.9 Å². The Morgan fingerprint density at radius 3 is 2.68 bits per heavy atom. The lowest BCUT2D eigenvalue weighted by atomic mass is 10.3. The number of halogens is 1. The van der Waals surface area contributed by atoms with E-state index in [9.17, 15) is 8.42 Å². The first-order chi connectivity index (χ1) is 8.88. The smallest absolute Gasteiger partial charge is 0.263 e. The molecule has 2 rings (SSSR count). The molecule has 5 nitrogen and oxygen atoms in total. The van der Waals surface area contributed by atoms with Crippen LogP contribution in [0.2, 0.25) is 0 Å². The normalized spacial score (nSPS) is 11.3. The van der Waals surface area contributed by atoms with Crippen LogP contribution in [0.3, 0.4) is 0 Å². The van der Waals surface area contributed by atoms with Gasteiger partial charge in [-0.2, -0.15) is 0 Å². The molecule has 0 saturated carbocycles. The van der Waals surface area contributed by atoms with Crippen molar-refractivity contribution in [3.63, 3.8) is 0 Å². The summed E-state index contributed by atoms with van der Waals surface area (Å²) in [6.45, 7) is 1.83. The van der Waals surface area contributed by atoms with E-state index in [2.05, 4.69) is 25.6 Å². The Hall–Kier alpha value is -1.60. The Balaban J connectivity index is 2.40. The number of anilines is 2. The highest BCUT2D eigenvalue weighted by Gasteiger charge is 2.18. The van der Waals surface area contributed by atoms with Crippen LogP contribution in [-0.2, 0) is 10.0 Å². The molecular weight excluding hydrogens is 330 g/mol. The number of aromatic nitrogens is 1. The van der Waals surface area contributed by atoms with Crippen molar-refractivity contribution in [1.82, 2.24) is 4.98 Å². The predicted molar refractivity (Wildman–Crippen MR) is 78.3 cm³/mol. The first-order valence-corrected chi connectivity index (χ1v) is 7.65. The number of hydrogen-bond acceptors (Lipinski definition) is 4. The number of rotatable bonds is 3. The SMILES string of the molecule is Cc1cncc(NS(=O)(=O)c2cc(N)ccc2Br)c1. The van der Waals surface area contributed by atoms with Crippen molar-refractivity contribution in [2.75, 3.05) is 10.5 Å². The van der Waals surface area contributed by atoms with Crippen LogP contribution in [0.4, 0.5) is 11.4 Å².